The monoisotopic (exact) mass is 255 g/mol. The van der Waals surface area contributed by atoms with Gasteiger partial charge in [0.15, 0.2) is 0 Å². The van der Waals surface area contributed by atoms with E-state index in [1.54, 1.807) is 12.1 Å². The molecule has 0 heterocycles. The summed E-state index contributed by atoms with van der Waals surface area (Å²) >= 11 is 0. The van der Waals surface area contributed by atoms with E-state index in [0.717, 1.165) is 18.4 Å². The van der Waals surface area contributed by atoms with Crippen molar-refractivity contribution < 1.29 is 8.42 Å². The van der Waals surface area contributed by atoms with Crippen molar-refractivity contribution in [1.29, 1.82) is 0 Å². The first kappa shape index (κ1) is 14.2. The number of sulfonamides is 1. The third-order valence-electron chi connectivity index (χ3n) is 3.00. The lowest BCUT2D eigenvalue weighted by molar-refractivity contribution is 0.578. The molecule has 3 nitrogen and oxygen atoms in total. The van der Waals surface area contributed by atoms with Gasteiger partial charge in [0.05, 0.1) is 4.90 Å². The SMILES string of the molecule is CCCCCC(C)c1ccccc1S(N)(=O)=O. The second-order valence-electron chi connectivity index (χ2n) is 4.48. The predicted molar refractivity (Wildman–Crippen MR) is 70.4 cm³/mol. The number of primary sulfonamides is 1. The highest BCUT2D eigenvalue weighted by atomic mass is 32.2. The molecule has 0 aliphatic carbocycles. The molecule has 2 N–H and O–H groups in total. The number of unbranched alkanes of at least 4 members (excludes halogenated alkanes) is 2. The van der Waals surface area contributed by atoms with Gasteiger partial charge in [0.2, 0.25) is 10.0 Å². The second kappa shape index (κ2) is 6.17. The van der Waals surface area contributed by atoms with Crippen LogP contribution in [0.1, 0.15) is 51.0 Å². The van der Waals surface area contributed by atoms with Crippen molar-refractivity contribution in [3.05, 3.63) is 29.8 Å². The zero-order chi connectivity index (χ0) is 12.9. The molecule has 0 aliphatic rings. The smallest absolute Gasteiger partial charge is 0.225 e. The Morgan fingerprint density at radius 2 is 1.88 bits per heavy atom. The minimum atomic E-state index is -3.61. The van der Waals surface area contributed by atoms with Crippen molar-refractivity contribution in [3.8, 4) is 0 Å². The van der Waals surface area contributed by atoms with Crippen molar-refractivity contribution >= 4 is 10.0 Å². The molecule has 1 atom stereocenters. The number of hydrogen-bond donors (Lipinski definition) is 1. The minimum Gasteiger partial charge on any atom is -0.225 e. The van der Waals surface area contributed by atoms with Crippen LogP contribution < -0.4 is 5.14 Å². The maximum Gasteiger partial charge on any atom is 0.238 e. The number of rotatable bonds is 6. The van der Waals surface area contributed by atoms with E-state index in [9.17, 15) is 8.42 Å². The summed E-state index contributed by atoms with van der Waals surface area (Å²) in [6, 6.07) is 7.01. The molecule has 1 aromatic carbocycles. The highest BCUT2D eigenvalue weighted by Crippen LogP contribution is 2.27. The van der Waals surface area contributed by atoms with Crippen molar-refractivity contribution in [2.45, 2.75) is 50.3 Å². The molecule has 0 aromatic heterocycles. The first-order valence-corrected chi connectivity index (χ1v) is 7.63. The van der Waals surface area contributed by atoms with Crippen LogP contribution in [0.25, 0.3) is 0 Å². The average molecular weight is 255 g/mol. The maximum absolute atomic E-state index is 11.5. The Labute approximate surface area is 104 Å². The Hall–Kier alpha value is -0.870. The molecule has 0 amide bonds. The second-order valence-corrected chi connectivity index (χ2v) is 6.01. The third kappa shape index (κ3) is 4.13. The normalized spacial score (nSPS) is 13.6. The molecule has 1 aromatic rings. The Balaban J connectivity index is 2.90. The van der Waals surface area contributed by atoms with Gasteiger partial charge in [-0.1, -0.05) is 51.3 Å². The molecular formula is C13H21NO2S. The molecule has 1 rings (SSSR count). The highest BCUT2D eigenvalue weighted by molar-refractivity contribution is 7.89. The van der Waals surface area contributed by atoms with E-state index in [1.165, 1.54) is 12.8 Å². The fourth-order valence-electron chi connectivity index (χ4n) is 2.00. The largest absolute Gasteiger partial charge is 0.238 e. The molecule has 0 fully saturated rings. The molecular weight excluding hydrogens is 234 g/mol. The molecule has 0 radical (unpaired) electrons. The van der Waals surface area contributed by atoms with E-state index in [4.69, 9.17) is 5.14 Å². The topological polar surface area (TPSA) is 60.2 Å². The zero-order valence-electron chi connectivity index (χ0n) is 10.5. The van der Waals surface area contributed by atoms with Gasteiger partial charge in [-0.05, 0) is 24.0 Å². The van der Waals surface area contributed by atoms with Gasteiger partial charge in [-0.3, -0.25) is 0 Å². The Morgan fingerprint density at radius 1 is 1.24 bits per heavy atom. The van der Waals surface area contributed by atoms with Crippen LogP contribution in [0, 0.1) is 0 Å². The lowest BCUT2D eigenvalue weighted by atomic mass is 9.95. The molecule has 0 saturated carbocycles. The van der Waals surface area contributed by atoms with E-state index in [1.807, 2.05) is 12.1 Å². The summed E-state index contributed by atoms with van der Waals surface area (Å²) < 4.78 is 22.9. The first-order valence-electron chi connectivity index (χ1n) is 6.08. The van der Waals surface area contributed by atoms with E-state index >= 15 is 0 Å². The quantitative estimate of drug-likeness (QED) is 0.794. The fourth-order valence-corrected chi connectivity index (χ4v) is 2.87. The van der Waals surface area contributed by atoms with Crippen LogP contribution >= 0.6 is 0 Å². The Kier molecular flexibility index (Phi) is 5.15. The molecule has 4 heteroatoms. The highest BCUT2D eigenvalue weighted by Gasteiger charge is 2.17. The number of nitrogens with two attached hydrogens (primary N) is 1. The van der Waals surface area contributed by atoms with Gasteiger partial charge in [0.1, 0.15) is 0 Å². The van der Waals surface area contributed by atoms with Gasteiger partial charge in [0, 0.05) is 0 Å². The van der Waals surface area contributed by atoms with E-state index in [-0.39, 0.29) is 10.8 Å². The lowest BCUT2D eigenvalue weighted by Gasteiger charge is -2.15. The van der Waals surface area contributed by atoms with Crippen molar-refractivity contribution in [1.82, 2.24) is 0 Å². The number of benzene rings is 1. The van der Waals surface area contributed by atoms with Gasteiger partial charge in [-0.2, -0.15) is 0 Å². The van der Waals surface area contributed by atoms with E-state index < -0.39 is 10.0 Å². The van der Waals surface area contributed by atoms with Gasteiger partial charge in [-0.25, -0.2) is 13.6 Å². The van der Waals surface area contributed by atoms with E-state index in [0.29, 0.717) is 0 Å². The van der Waals surface area contributed by atoms with Crippen LogP contribution in [0.2, 0.25) is 0 Å². The summed E-state index contributed by atoms with van der Waals surface area (Å²) in [7, 11) is -3.61. The summed E-state index contributed by atoms with van der Waals surface area (Å²) in [6.45, 7) is 4.21. The van der Waals surface area contributed by atoms with Crippen LogP contribution in [-0.4, -0.2) is 8.42 Å². The summed E-state index contributed by atoms with van der Waals surface area (Å²) in [5.74, 6) is 0.232. The zero-order valence-corrected chi connectivity index (χ0v) is 11.3. The van der Waals surface area contributed by atoms with Crippen molar-refractivity contribution in [3.63, 3.8) is 0 Å². The van der Waals surface area contributed by atoms with Crippen molar-refractivity contribution in [2.75, 3.05) is 0 Å². The summed E-state index contributed by atoms with van der Waals surface area (Å²) in [6.07, 6.45) is 4.47. The Bertz CT molecular complexity index is 454. The summed E-state index contributed by atoms with van der Waals surface area (Å²) in [5, 5.41) is 5.22. The molecule has 0 spiro atoms. The van der Waals surface area contributed by atoms with Crippen LogP contribution in [0.5, 0.6) is 0 Å². The van der Waals surface area contributed by atoms with Gasteiger partial charge in [0.25, 0.3) is 0 Å². The lowest BCUT2D eigenvalue weighted by Crippen LogP contribution is -2.15. The molecule has 0 bridgehead atoms. The fraction of sp³-hybridized carbons (Fsp3) is 0.538. The molecule has 1 unspecified atom stereocenters. The van der Waals surface area contributed by atoms with Crippen LogP contribution in [0.4, 0.5) is 0 Å². The average Bonchev–Trinajstić information content (AvgIpc) is 2.28. The first-order chi connectivity index (χ1) is 7.96. The minimum absolute atomic E-state index is 0.232. The van der Waals surface area contributed by atoms with Gasteiger partial charge >= 0.3 is 0 Å². The molecule has 96 valence electrons. The van der Waals surface area contributed by atoms with E-state index in [2.05, 4.69) is 13.8 Å². The van der Waals surface area contributed by atoms with Gasteiger partial charge in [-0.15, -0.1) is 0 Å². The predicted octanol–water partition coefficient (Wildman–Crippen LogP) is 3.02. The third-order valence-corrected chi connectivity index (χ3v) is 3.98. The molecule has 17 heavy (non-hydrogen) atoms. The maximum atomic E-state index is 11.5. The molecule has 0 aliphatic heterocycles. The van der Waals surface area contributed by atoms with Crippen molar-refractivity contribution in [2.24, 2.45) is 5.14 Å². The molecule has 0 saturated heterocycles. The van der Waals surface area contributed by atoms with Crippen LogP contribution in [0.3, 0.4) is 0 Å². The van der Waals surface area contributed by atoms with Crippen LogP contribution in [0.15, 0.2) is 29.2 Å². The van der Waals surface area contributed by atoms with Crippen LogP contribution in [-0.2, 0) is 10.0 Å². The van der Waals surface area contributed by atoms with Gasteiger partial charge < -0.3 is 0 Å². The summed E-state index contributed by atoms with van der Waals surface area (Å²) in [5.41, 5.74) is 0.839. The Morgan fingerprint density at radius 3 is 2.47 bits per heavy atom. The standard InChI is InChI=1S/C13H21NO2S/c1-3-4-5-8-11(2)12-9-6-7-10-13(12)17(14,15)16/h6-7,9-11H,3-5,8H2,1-2H3,(H2,14,15,16). The summed E-state index contributed by atoms with van der Waals surface area (Å²) in [4.78, 5) is 0.268. The number of hydrogen-bond acceptors (Lipinski definition) is 2.